The molecule has 0 radical (unpaired) electrons. The highest BCUT2D eigenvalue weighted by Crippen LogP contribution is 2.16. The van der Waals surface area contributed by atoms with Crippen molar-refractivity contribution >= 4 is 11.9 Å². The highest BCUT2D eigenvalue weighted by molar-refractivity contribution is 5.70. The van der Waals surface area contributed by atoms with E-state index in [1.165, 1.54) is 263 Å². The Morgan fingerprint density at radius 2 is 0.591 bits per heavy atom. The fraction of sp³-hybridized carbons (Fsp3) is 0.902. The minimum Gasteiger partial charge on any atom is -0.462 e. The summed E-state index contributed by atoms with van der Waals surface area (Å²) >= 11 is 0. The maximum Gasteiger partial charge on any atom is 0.306 e. The van der Waals surface area contributed by atoms with Crippen LogP contribution in [0.5, 0.6) is 0 Å². The molecule has 5 heteroatoms. The second kappa shape index (κ2) is 57.7. The number of rotatable bonds is 56. The summed E-state index contributed by atoms with van der Waals surface area (Å²) in [4.78, 5) is 25.5. The van der Waals surface area contributed by atoms with E-state index in [4.69, 9.17) is 14.2 Å². The third-order valence-electron chi connectivity index (χ3n) is 13.5. The van der Waals surface area contributed by atoms with Crippen molar-refractivity contribution in [1.82, 2.24) is 0 Å². The first-order valence-electron chi connectivity index (χ1n) is 29.9. The zero-order valence-electron chi connectivity index (χ0n) is 45.0. The van der Waals surface area contributed by atoms with Gasteiger partial charge in [-0.3, -0.25) is 9.59 Å². The normalized spacial score (nSPS) is 12.2. The summed E-state index contributed by atoms with van der Waals surface area (Å²) < 4.78 is 17.5. The highest BCUT2D eigenvalue weighted by Gasteiger charge is 2.17. The molecule has 0 aromatic carbocycles. The van der Waals surface area contributed by atoms with Gasteiger partial charge in [-0.1, -0.05) is 270 Å². The lowest BCUT2D eigenvalue weighted by Crippen LogP contribution is -2.30. The maximum atomic E-state index is 12.9. The predicted octanol–water partition coefficient (Wildman–Crippen LogP) is 20.4. The number of carbonyl (C=O) groups excluding carboxylic acids is 2. The molecule has 1 unspecified atom stereocenters. The molecule has 0 heterocycles. The molecule has 0 rings (SSSR count). The van der Waals surface area contributed by atoms with E-state index in [0.717, 1.165) is 32.1 Å². The monoisotopic (exact) mass is 929 g/mol. The van der Waals surface area contributed by atoms with Crippen LogP contribution in [0.3, 0.4) is 0 Å². The van der Waals surface area contributed by atoms with Gasteiger partial charge in [-0.05, 0) is 70.6 Å². The van der Waals surface area contributed by atoms with Crippen LogP contribution in [-0.4, -0.2) is 37.9 Å². The van der Waals surface area contributed by atoms with Crippen molar-refractivity contribution < 1.29 is 23.8 Å². The van der Waals surface area contributed by atoms with Crippen molar-refractivity contribution in [2.24, 2.45) is 0 Å². The molecule has 0 aliphatic heterocycles. The van der Waals surface area contributed by atoms with Gasteiger partial charge in [-0.2, -0.15) is 0 Å². The molecule has 0 saturated heterocycles. The molecule has 0 aliphatic rings. The maximum absolute atomic E-state index is 12.9. The molecule has 0 fully saturated rings. The number of allylic oxidation sites excluding steroid dienone is 4. The SMILES string of the molecule is CCCCCCCC/C=C\CCCCCCCCCCCC(=O)OCC(COCCCCCCCCCCCCCC)OC(=O)CCCCCCCCCCC/C=C\CCCCCCCC. The Bertz CT molecular complexity index is 1010. The molecular weight excluding hydrogens is 813 g/mol. The van der Waals surface area contributed by atoms with Crippen molar-refractivity contribution in [3.8, 4) is 0 Å². The molecular formula is C61H116O5. The Morgan fingerprint density at radius 1 is 0.318 bits per heavy atom. The van der Waals surface area contributed by atoms with E-state index in [0.29, 0.717) is 26.1 Å². The van der Waals surface area contributed by atoms with Crippen LogP contribution in [0.4, 0.5) is 0 Å². The summed E-state index contributed by atoms with van der Waals surface area (Å²) in [5.41, 5.74) is 0. The Morgan fingerprint density at radius 3 is 0.924 bits per heavy atom. The summed E-state index contributed by atoms with van der Waals surface area (Å²) in [6.07, 6.45) is 69.1. The van der Waals surface area contributed by atoms with Gasteiger partial charge in [-0.15, -0.1) is 0 Å². The molecule has 66 heavy (non-hydrogen) atoms. The summed E-state index contributed by atoms with van der Waals surface area (Å²) in [5.74, 6) is -0.379. The van der Waals surface area contributed by atoms with Crippen LogP contribution in [0.1, 0.15) is 329 Å². The second-order valence-electron chi connectivity index (χ2n) is 20.3. The van der Waals surface area contributed by atoms with E-state index < -0.39 is 6.10 Å². The van der Waals surface area contributed by atoms with Gasteiger partial charge in [0.1, 0.15) is 6.61 Å². The Balaban J connectivity index is 4.18. The number of hydrogen-bond donors (Lipinski definition) is 0. The molecule has 0 amide bonds. The van der Waals surface area contributed by atoms with E-state index in [1.54, 1.807) is 0 Å². The summed E-state index contributed by atoms with van der Waals surface area (Å²) in [5, 5.41) is 0. The van der Waals surface area contributed by atoms with E-state index in [1.807, 2.05) is 0 Å². The lowest BCUT2D eigenvalue weighted by atomic mass is 10.1. The van der Waals surface area contributed by atoms with Crippen LogP contribution in [0.2, 0.25) is 0 Å². The molecule has 0 spiro atoms. The zero-order valence-corrected chi connectivity index (χ0v) is 45.0. The molecule has 5 nitrogen and oxygen atoms in total. The fourth-order valence-corrected chi connectivity index (χ4v) is 8.97. The lowest BCUT2D eigenvalue weighted by molar-refractivity contribution is -0.163. The van der Waals surface area contributed by atoms with Gasteiger partial charge in [0.15, 0.2) is 6.10 Å². The highest BCUT2D eigenvalue weighted by atomic mass is 16.6. The second-order valence-corrected chi connectivity index (χ2v) is 20.3. The van der Waals surface area contributed by atoms with E-state index in [-0.39, 0.29) is 18.5 Å². The van der Waals surface area contributed by atoms with Gasteiger partial charge in [0.05, 0.1) is 6.61 Å². The van der Waals surface area contributed by atoms with Crippen molar-refractivity contribution in [2.75, 3.05) is 19.8 Å². The Hall–Kier alpha value is -1.62. The van der Waals surface area contributed by atoms with Crippen molar-refractivity contribution in [3.63, 3.8) is 0 Å². The Kier molecular flexibility index (Phi) is 56.3. The predicted molar refractivity (Wildman–Crippen MR) is 289 cm³/mol. The quantitative estimate of drug-likeness (QED) is 0.0345. The van der Waals surface area contributed by atoms with Crippen LogP contribution in [0.15, 0.2) is 24.3 Å². The number of hydrogen-bond acceptors (Lipinski definition) is 5. The molecule has 1 atom stereocenters. The number of unbranched alkanes of at least 4 members (excludes halogenated alkanes) is 41. The van der Waals surface area contributed by atoms with E-state index in [9.17, 15) is 9.59 Å². The fourth-order valence-electron chi connectivity index (χ4n) is 8.97. The number of esters is 2. The smallest absolute Gasteiger partial charge is 0.306 e. The molecule has 0 bridgehead atoms. The molecule has 0 N–H and O–H groups in total. The van der Waals surface area contributed by atoms with Gasteiger partial charge in [0, 0.05) is 19.4 Å². The van der Waals surface area contributed by atoms with Crippen LogP contribution < -0.4 is 0 Å². The van der Waals surface area contributed by atoms with Gasteiger partial charge >= 0.3 is 11.9 Å². The van der Waals surface area contributed by atoms with Crippen LogP contribution >= 0.6 is 0 Å². The average Bonchev–Trinajstić information content (AvgIpc) is 3.32. The summed E-state index contributed by atoms with van der Waals surface area (Å²) in [7, 11) is 0. The molecule has 0 aromatic rings. The van der Waals surface area contributed by atoms with E-state index >= 15 is 0 Å². The van der Waals surface area contributed by atoms with Crippen LogP contribution in [-0.2, 0) is 23.8 Å². The topological polar surface area (TPSA) is 61.8 Å². The van der Waals surface area contributed by atoms with Crippen LogP contribution in [0.25, 0.3) is 0 Å². The minimum absolute atomic E-state index is 0.0907. The van der Waals surface area contributed by atoms with Crippen LogP contribution in [0, 0.1) is 0 Å². The van der Waals surface area contributed by atoms with E-state index in [2.05, 4.69) is 45.1 Å². The van der Waals surface area contributed by atoms with Gasteiger partial charge < -0.3 is 14.2 Å². The first kappa shape index (κ1) is 64.4. The van der Waals surface area contributed by atoms with Gasteiger partial charge in [-0.25, -0.2) is 0 Å². The molecule has 0 aromatic heterocycles. The first-order valence-corrected chi connectivity index (χ1v) is 29.9. The van der Waals surface area contributed by atoms with Crippen molar-refractivity contribution in [2.45, 2.75) is 335 Å². The van der Waals surface area contributed by atoms with Crippen molar-refractivity contribution in [3.05, 3.63) is 24.3 Å². The molecule has 0 saturated carbocycles. The summed E-state index contributed by atoms with van der Waals surface area (Å²) in [6.45, 7) is 7.89. The molecule has 390 valence electrons. The third-order valence-corrected chi connectivity index (χ3v) is 13.5. The van der Waals surface area contributed by atoms with Gasteiger partial charge in [0.2, 0.25) is 0 Å². The van der Waals surface area contributed by atoms with Gasteiger partial charge in [0.25, 0.3) is 0 Å². The summed E-state index contributed by atoms with van der Waals surface area (Å²) in [6, 6.07) is 0. The van der Waals surface area contributed by atoms with Crippen molar-refractivity contribution in [1.29, 1.82) is 0 Å². The minimum atomic E-state index is -0.532. The standard InChI is InChI=1S/C61H116O5/c1-4-7-10-13-16-19-22-25-27-29-31-33-35-37-39-42-45-48-51-54-60(62)65-58-59(57-64-56-53-50-47-44-41-24-21-18-15-12-9-6-3)66-61(63)55-52-49-46-43-40-38-36-34-32-30-28-26-23-20-17-14-11-8-5-2/h25-28,59H,4-24,29-58H2,1-3H3/b27-25-,28-26-. The lowest BCUT2D eigenvalue weighted by Gasteiger charge is -2.18. The molecule has 0 aliphatic carbocycles. The number of carbonyl (C=O) groups is 2. The average molecular weight is 930 g/mol. The zero-order chi connectivity index (χ0) is 47.7. The largest absolute Gasteiger partial charge is 0.462 e. The first-order chi connectivity index (χ1) is 32.6. The third kappa shape index (κ3) is 55.0. The Labute approximate surface area is 413 Å². The number of ether oxygens (including phenoxy) is 3.